The van der Waals surface area contributed by atoms with Crippen LogP contribution in [-0.2, 0) is 12.6 Å². The second-order valence-electron chi connectivity index (χ2n) is 8.36. The van der Waals surface area contributed by atoms with Crippen molar-refractivity contribution in [1.29, 1.82) is 0 Å². The molecule has 0 amide bonds. The lowest BCUT2D eigenvalue weighted by Crippen LogP contribution is -2.12. The van der Waals surface area contributed by atoms with Gasteiger partial charge in [0.1, 0.15) is 0 Å². The van der Waals surface area contributed by atoms with Crippen molar-refractivity contribution < 1.29 is 13.2 Å². The Balaban J connectivity index is 1.90. The zero-order chi connectivity index (χ0) is 21.9. The summed E-state index contributed by atoms with van der Waals surface area (Å²) in [6.45, 7) is 8.76. The van der Waals surface area contributed by atoms with Gasteiger partial charge in [-0.2, -0.15) is 13.2 Å². The molecule has 0 saturated heterocycles. The van der Waals surface area contributed by atoms with Crippen LogP contribution in [0.3, 0.4) is 0 Å². The van der Waals surface area contributed by atoms with Gasteiger partial charge in [-0.3, -0.25) is 4.99 Å². The van der Waals surface area contributed by atoms with E-state index in [1.54, 1.807) is 12.1 Å². The fourth-order valence-electron chi connectivity index (χ4n) is 4.45. The van der Waals surface area contributed by atoms with Gasteiger partial charge in [0.25, 0.3) is 0 Å². The van der Waals surface area contributed by atoms with E-state index in [1.165, 1.54) is 6.07 Å². The van der Waals surface area contributed by atoms with Crippen LogP contribution in [0.1, 0.15) is 78.8 Å². The van der Waals surface area contributed by atoms with Gasteiger partial charge in [0.2, 0.25) is 0 Å². The molecule has 1 aliphatic carbocycles. The van der Waals surface area contributed by atoms with Gasteiger partial charge >= 0.3 is 6.18 Å². The van der Waals surface area contributed by atoms with Crippen LogP contribution in [0.2, 0.25) is 0 Å². The first-order valence-corrected chi connectivity index (χ1v) is 10.8. The molecule has 1 aliphatic rings. The van der Waals surface area contributed by atoms with Gasteiger partial charge in [-0.25, -0.2) is 0 Å². The molecule has 0 unspecified atom stereocenters. The van der Waals surface area contributed by atoms with E-state index >= 15 is 0 Å². The van der Waals surface area contributed by atoms with Crippen molar-refractivity contribution >= 4 is 11.5 Å². The van der Waals surface area contributed by atoms with Crippen molar-refractivity contribution in [2.75, 3.05) is 11.9 Å². The van der Waals surface area contributed by atoms with Crippen LogP contribution >= 0.6 is 0 Å². The SMILES string of the molecule is CCN=C(C)Nc1cc(C)c(Cc2ccc(C(F)(F)F)c(C3CCCC3)c2)cc1C. The van der Waals surface area contributed by atoms with Gasteiger partial charge in [-0.05, 0) is 92.8 Å². The normalized spacial score (nSPS) is 15.6. The van der Waals surface area contributed by atoms with Crippen molar-refractivity contribution in [1.82, 2.24) is 0 Å². The Morgan fingerprint density at radius 3 is 2.40 bits per heavy atom. The fourth-order valence-corrected chi connectivity index (χ4v) is 4.45. The van der Waals surface area contributed by atoms with Crippen molar-refractivity contribution in [3.8, 4) is 0 Å². The number of halogens is 3. The fraction of sp³-hybridized carbons (Fsp3) is 0.480. The smallest absolute Gasteiger partial charge is 0.344 e. The molecule has 0 atom stereocenters. The van der Waals surface area contributed by atoms with Gasteiger partial charge in [0, 0.05) is 12.2 Å². The third kappa shape index (κ3) is 5.24. The summed E-state index contributed by atoms with van der Waals surface area (Å²) in [4.78, 5) is 4.37. The lowest BCUT2D eigenvalue weighted by molar-refractivity contribution is -0.138. The molecule has 3 rings (SSSR count). The van der Waals surface area contributed by atoms with Gasteiger partial charge in [0.05, 0.1) is 11.4 Å². The summed E-state index contributed by atoms with van der Waals surface area (Å²) in [6.07, 6.45) is 0.0633. The van der Waals surface area contributed by atoms with Crippen LogP contribution in [-0.4, -0.2) is 12.4 Å². The maximum Gasteiger partial charge on any atom is 0.416 e. The monoisotopic (exact) mass is 416 g/mol. The van der Waals surface area contributed by atoms with Crippen LogP contribution in [0.5, 0.6) is 0 Å². The number of anilines is 1. The molecule has 30 heavy (non-hydrogen) atoms. The Morgan fingerprint density at radius 2 is 1.77 bits per heavy atom. The Kier molecular flexibility index (Phi) is 6.89. The molecular formula is C25H31F3N2. The summed E-state index contributed by atoms with van der Waals surface area (Å²) in [5.74, 6) is 0.897. The van der Waals surface area contributed by atoms with Crippen LogP contribution in [0.15, 0.2) is 35.3 Å². The second-order valence-corrected chi connectivity index (χ2v) is 8.36. The highest BCUT2D eigenvalue weighted by Crippen LogP contribution is 2.42. The van der Waals surface area contributed by atoms with E-state index in [-0.39, 0.29) is 5.92 Å². The third-order valence-electron chi connectivity index (χ3n) is 6.00. The number of hydrogen-bond acceptors (Lipinski definition) is 1. The molecule has 2 aromatic carbocycles. The van der Waals surface area contributed by atoms with Gasteiger partial charge in [0.15, 0.2) is 0 Å². The first kappa shape index (κ1) is 22.4. The number of nitrogens with one attached hydrogen (secondary N) is 1. The number of amidine groups is 1. The number of alkyl halides is 3. The number of aliphatic imine (C=N–C) groups is 1. The molecule has 162 valence electrons. The maximum atomic E-state index is 13.6. The average molecular weight is 417 g/mol. The minimum atomic E-state index is -4.30. The molecule has 2 aromatic rings. The van der Waals surface area contributed by atoms with Crippen LogP contribution < -0.4 is 5.32 Å². The number of nitrogens with zero attached hydrogens (tertiary/aromatic N) is 1. The number of benzene rings is 2. The van der Waals surface area contributed by atoms with Gasteiger partial charge in [-0.1, -0.05) is 31.0 Å². The predicted molar refractivity (Wildman–Crippen MR) is 119 cm³/mol. The minimum absolute atomic E-state index is 0.0248. The van der Waals surface area contributed by atoms with E-state index in [2.05, 4.69) is 22.4 Å². The molecule has 2 nitrogen and oxygen atoms in total. The highest BCUT2D eigenvalue weighted by molar-refractivity contribution is 5.94. The largest absolute Gasteiger partial charge is 0.416 e. The summed E-state index contributed by atoms with van der Waals surface area (Å²) in [6, 6.07) is 8.95. The first-order chi connectivity index (χ1) is 14.2. The number of hydrogen-bond donors (Lipinski definition) is 1. The highest BCUT2D eigenvalue weighted by Gasteiger charge is 2.35. The maximum absolute atomic E-state index is 13.6. The van der Waals surface area contributed by atoms with E-state index in [0.29, 0.717) is 12.0 Å². The van der Waals surface area contributed by atoms with E-state index in [4.69, 9.17) is 0 Å². The molecule has 5 heteroatoms. The lowest BCUT2D eigenvalue weighted by Gasteiger charge is -2.20. The quantitative estimate of drug-likeness (QED) is 0.398. The second kappa shape index (κ2) is 9.23. The average Bonchev–Trinajstić information content (AvgIpc) is 3.20. The predicted octanol–water partition coefficient (Wildman–Crippen LogP) is 7.42. The molecule has 1 saturated carbocycles. The summed E-state index contributed by atoms with van der Waals surface area (Å²) < 4.78 is 40.7. The summed E-state index contributed by atoms with van der Waals surface area (Å²) in [5, 5.41) is 3.34. The van der Waals surface area contributed by atoms with E-state index in [1.807, 2.05) is 27.7 Å². The zero-order valence-corrected chi connectivity index (χ0v) is 18.3. The van der Waals surface area contributed by atoms with Crippen molar-refractivity contribution in [3.63, 3.8) is 0 Å². The van der Waals surface area contributed by atoms with E-state index < -0.39 is 11.7 Å². The lowest BCUT2D eigenvalue weighted by atomic mass is 9.89. The topological polar surface area (TPSA) is 24.4 Å². The molecule has 1 fully saturated rings. The highest BCUT2D eigenvalue weighted by atomic mass is 19.4. The van der Waals surface area contributed by atoms with Crippen molar-refractivity contribution in [2.45, 2.75) is 71.9 Å². The molecule has 0 aromatic heterocycles. The van der Waals surface area contributed by atoms with E-state index in [0.717, 1.165) is 66.0 Å². The minimum Gasteiger partial charge on any atom is -0.344 e. The number of rotatable bonds is 5. The summed E-state index contributed by atoms with van der Waals surface area (Å²) >= 11 is 0. The standard InChI is InChI=1S/C25H31F3N2/c1-5-29-18(4)30-24-13-16(2)21(12-17(24)3)14-19-10-11-23(25(26,27)28)22(15-19)20-8-6-7-9-20/h10-13,15,20H,5-9,14H2,1-4H3,(H,29,30). The van der Waals surface area contributed by atoms with Crippen LogP contribution in [0, 0.1) is 13.8 Å². The van der Waals surface area contributed by atoms with Crippen LogP contribution in [0.25, 0.3) is 0 Å². The molecule has 1 N–H and O–H groups in total. The Morgan fingerprint density at radius 1 is 1.07 bits per heavy atom. The van der Waals surface area contributed by atoms with E-state index in [9.17, 15) is 13.2 Å². The van der Waals surface area contributed by atoms with Gasteiger partial charge < -0.3 is 5.32 Å². The summed E-state index contributed by atoms with van der Waals surface area (Å²) in [7, 11) is 0. The molecule has 0 spiro atoms. The summed E-state index contributed by atoms with van der Waals surface area (Å²) in [5.41, 5.74) is 5.34. The van der Waals surface area contributed by atoms with Gasteiger partial charge in [-0.15, -0.1) is 0 Å². The Bertz CT molecular complexity index is 923. The van der Waals surface area contributed by atoms with Crippen molar-refractivity contribution in [3.05, 3.63) is 63.7 Å². The Hall–Kier alpha value is -2.30. The van der Waals surface area contributed by atoms with Crippen molar-refractivity contribution in [2.24, 2.45) is 4.99 Å². The molecule has 0 bridgehead atoms. The molecule has 0 aliphatic heterocycles. The first-order valence-electron chi connectivity index (χ1n) is 10.8. The number of aryl methyl sites for hydroxylation is 2. The third-order valence-corrected chi connectivity index (χ3v) is 6.00. The Labute approximate surface area is 177 Å². The zero-order valence-electron chi connectivity index (χ0n) is 18.3. The molecular weight excluding hydrogens is 385 g/mol. The van der Waals surface area contributed by atoms with Crippen LogP contribution in [0.4, 0.5) is 18.9 Å². The molecule has 0 heterocycles. The molecule has 0 radical (unpaired) electrons.